The summed E-state index contributed by atoms with van der Waals surface area (Å²) in [6.07, 6.45) is 1.25. The van der Waals surface area contributed by atoms with Crippen LogP contribution < -0.4 is 10.1 Å². The first-order valence-electron chi connectivity index (χ1n) is 11.3. The van der Waals surface area contributed by atoms with E-state index in [2.05, 4.69) is 5.32 Å². The molecule has 0 spiro atoms. The van der Waals surface area contributed by atoms with E-state index in [0.717, 1.165) is 11.1 Å². The molecule has 0 aliphatic carbocycles. The number of hydrogen-bond acceptors (Lipinski definition) is 4. The maximum absolute atomic E-state index is 13.0. The summed E-state index contributed by atoms with van der Waals surface area (Å²) in [6, 6.07) is 19.5. The molecule has 4 rings (SSSR count). The van der Waals surface area contributed by atoms with Crippen LogP contribution in [0.15, 0.2) is 77.7 Å². The molecule has 1 fully saturated rings. The lowest BCUT2D eigenvalue weighted by Gasteiger charge is -2.31. The molecule has 3 aromatic rings. The highest BCUT2D eigenvalue weighted by molar-refractivity contribution is 7.89. The zero-order chi connectivity index (χ0) is 24.8. The fourth-order valence-electron chi connectivity index (χ4n) is 3.91. The molecular formula is C26H26ClFN2O4S. The summed E-state index contributed by atoms with van der Waals surface area (Å²) in [6.45, 7) is 1.19. The molecule has 6 nitrogen and oxygen atoms in total. The number of piperidine rings is 1. The van der Waals surface area contributed by atoms with Crippen LogP contribution in [0.25, 0.3) is 0 Å². The first kappa shape index (κ1) is 25.2. The zero-order valence-corrected chi connectivity index (χ0v) is 20.6. The molecule has 1 amide bonds. The summed E-state index contributed by atoms with van der Waals surface area (Å²) < 4.78 is 46.0. The van der Waals surface area contributed by atoms with Gasteiger partial charge in [-0.05, 0) is 72.5 Å². The van der Waals surface area contributed by atoms with Crippen LogP contribution in [0.4, 0.5) is 4.39 Å². The molecule has 0 radical (unpaired) electrons. The highest BCUT2D eigenvalue weighted by atomic mass is 35.5. The van der Waals surface area contributed by atoms with Crippen LogP contribution in [0.3, 0.4) is 0 Å². The van der Waals surface area contributed by atoms with Crippen molar-refractivity contribution in [2.45, 2.75) is 30.9 Å². The minimum atomic E-state index is -3.68. The van der Waals surface area contributed by atoms with Gasteiger partial charge in [-0.15, -0.1) is 0 Å². The molecule has 1 atom stereocenters. The van der Waals surface area contributed by atoms with E-state index in [1.807, 2.05) is 24.3 Å². The summed E-state index contributed by atoms with van der Waals surface area (Å²) in [7, 11) is -3.68. The maximum atomic E-state index is 13.0. The molecule has 0 aromatic heterocycles. The molecule has 0 bridgehead atoms. The van der Waals surface area contributed by atoms with E-state index >= 15 is 0 Å². The van der Waals surface area contributed by atoms with Crippen molar-refractivity contribution in [2.75, 3.05) is 13.1 Å². The van der Waals surface area contributed by atoms with Gasteiger partial charge >= 0.3 is 0 Å². The first-order chi connectivity index (χ1) is 16.8. The second-order valence-corrected chi connectivity index (χ2v) is 10.8. The quantitative estimate of drug-likeness (QED) is 0.468. The number of sulfonamides is 1. The molecule has 35 heavy (non-hydrogen) atoms. The van der Waals surface area contributed by atoms with Gasteiger partial charge in [-0.1, -0.05) is 35.9 Å². The van der Waals surface area contributed by atoms with Gasteiger partial charge in [-0.2, -0.15) is 4.31 Å². The molecule has 0 saturated carbocycles. The van der Waals surface area contributed by atoms with E-state index in [1.54, 1.807) is 24.3 Å². The van der Waals surface area contributed by atoms with Gasteiger partial charge in [0.05, 0.1) is 10.8 Å². The number of halogens is 2. The Morgan fingerprint density at radius 1 is 1.00 bits per heavy atom. The van der Waals surface area contributed by atoms with Gasteiger partial charge in [0.1, 0.15) is 18.2 Å². The average Bonchev–Trinajstić information content (AvgIpc) is 2.88. The molecular weight excluding hydrogens is 491 g/mol. The molecule has 0 unspecified atom stereocenters. The monoisotopic (exact) mass is 516 g/mol. The number of benzene rings is 3. The Hall–Kier alpha value is -2.94. The van der Waals surface area contributed by atoms with Crippen LogP contribution in [-0.4, -0.2) is 31.7 Å². The van der Waals surface area contributed by atoms with E-state index in [-0.39, 0.29) is 23.2 Å². The highest BCUT2D eigenvalue weighted by Gasteiger charge is 2.33. The second-order valence-electron chi connectivity index (χ2n) is 8.43. The minimum Gasteiger partial charge on any atom is -0.489 e. The topological polar surface area (TPSA) is 75.7 Å². The zero-order valence-electron chi connectivity index (χ0n) is 19.0. The normalized spacial score (nSPS) is 16.6. The third kappa shape index (κ3) is 6.60. The van der Waals surface area contributed by atoms with Crippen molar-refractivity contribution in [3.05, 3.63) is 94.8 Å². The number of hydrogen-bond donors (Lipinski definition) is 1. The van der Waals surface area contributed by atoms with E-state index in [9.17, 15) is 17.6 Å². The Bertz CT molecular complexity index is 1250. The number of carbonyl (C=O) groups excluding carboxylic acids is 1. The van der Waals surface area contributed by atoms with Gasteiger partial charge < -0.3 is 10.1 Å². The van der Waals surface area contributed by atoms with E-state index in [1.165, 1.54) is 28.6 Å². The standard InChI is InChI=1S/C26H26ClFN2O4S/c27-22-7-13-25(14-8-22)35(32,33)30-15-1-2-21(17-30)26(31)29-16-19-5-11-24(12-6-19)34-18-20-3-9-23(28)10-4-20/h3-14,21H,1-2,15-18H2,(H,29,31)/t21-/m1/s1. The Kier molecular flexibility index (Phi) is 8.05. The summed E-state index contributed by atoms with van der Waals surface area (Å²) in [5.74, 6) is -0.203. The molecule has 1 saturated heterocycles. The van der Waals surface area contributed by atoms with Crippen LogP contribution in [0.2, 0.25) is 5.02 Å². The maximum Gasteiger partial charge on any atom is 0.243 e. The van der Waals surface area contributed by atoms with Gasteiger partial charge in [0.2, 0.25) is 15.9 Å². The number of nitrogens with one attached hydrogen (secondary N) is 1. The fraction of sp³-hybridized carbons (Fsp3) is 0.269. The van der Waals surface area contributed by atoms with Gasteiger partial charge in [0.15, 0.2) is 0 Å². The van der Waals surface area contributed by atoms with Crippen molar-refractivity contribution in [3.63, 3.8) is 0 Å². The first-order valence-corrected chi connectivity index (χ1v) is 13.1. The predicted octanol–water partition coefficient (Wildman–Crippen LogP) is 4.78. The largest absolute Gasteiger partial charge is 0.489 e. The lowest BCUT2D eigenvalue weighted by molar-refractivity contribution is -0.126. The van der Waals surface area contributed by atoms with Gasteiger partial charge in [-0.3, -0.25) is 4.79 Å². The van der Waals surface area contributed by atoms with Crippen molar-refractivity contribution in [2.24, 2.45) is 5.92 Å². The Labute approximate surface area is 209 Å². The minimum absolute atomic E-state index is 0.146. The number of amides is 1. The molecule has 1 heterocycles. The molecule has 1 aliphatic rings. The Morgan fingerprint density at radius 2 is 1.66 bits per heavy atom. The highest BCUT2D eigenvalue weighted by Crippen LogP contribution is 2.25. The second kappa shape index (κ2) is 11.2. The molecule has 1 N–H and O–H groups in total. The SMILES string of the molecule is O=C(NCc1ccc(OCc2ccc(F)cc2)cc1)[C@@H]1CCCN(S(=O)(=O)c2ccc(Cl)cc2)C1. The van der Waals surface area contributed by atoms with Crippen LogP contribution in [-0.2, 0) is 28.0 Å². The molecule has 3 aromatic carbocycles. The number of ether oxygens (including phenoxy) is 1. The summed E-state index contributed by atoms with van der Waals surface area (Å²) >= 11 is 5.87. The Balaban J connectivity index is 1.28. The van der Waals surface area contributed by atoms with Crippen LogP contribution in [0.1, 0.15) is 24.0 Å². The van der Waals surface area contributed by atoms with Gasteiger partial charge in [0, 0.05) is 24.7 Å². The third-order valence-corrected chi connectivity index (χ3v) is 8.05. The molecule has 1 aliphatic heterocycles. The number of nitrogens with zero attached hydrogens (tertiary/aromatic N) is 1. The molecule has 9 heteroatoms. The van der Waals surface area contributed by atoms with Crippen molar-refractivity contribution in [3.8, 4) is 5.75 Å². The average molecular weight is 517 g/mol. The third-order valence-electron chi connectivity index (χ3n) is 5.92. The number of carbonyl (C=O) groups is 1. The van der Waals surface area contributed by atoms with Crippen molar-refractivity contribution in [1.82, 2.24) is 9.62 Å². The lowest BCUT2D eigenvalue weighted by atomic mass is 9.99. The molecule has 184 valence electrons. The van der Waals surface area contributed by atoms with Gasteiger partial charge in [0.25, 0.3) is 0 Å². The van der Waals surface area contributed by atoms with E-state index < -0.39 is 15.9 Å². The van der Waals surface area contributed by atoms with Crippen LogP contribution in [0.5, 0.6) is 5.75 Å². The van der Waals surface area contributed by atoms with Crippen molar-refractivity contribution in [1.29, 1.82) is 0 Å². The van der Waals surface area contributed by atoms with E-state index in [0.29, 0.717) is 43.3 Å². The van der Waals surface area contributed by atoms with E-state index in [4.69, 9.17) is 16.3 Å². The smallest absolute Gasteiger partial charge is 0.243 e. The van der Waals surface area contributed by atoms with Crippen LogP contribution >= 0.6 is 11.6 Å². The van der Waals surface area contributed by atoms with Crippen molar-refractivity contribution < 1.29 is 22.3 Å². The Morgan fingerprint density at radius 3 is 2.34 bits per heavy atom. The lowest BCUT2D eigenvalue weighted by Crippen LogP contribution is -2.45. The predicted molar refractivity (Wildman–Crippen MR) is 132 cm³/mol. The summed E-state index contributed by atoms with van der Waals surface area (Å²) in [5, 5.41) is 3.38. The van der Waals surface area contributed by atoms with Gasteiger partial charge in [-0.25, -0.2) is 12.8 Å². The summed E-state index contributed by atoms with van der Waals surface area (Å²) in [4.78, 5) is 12.9. The van der Waals surface area contributed by atoms with Crippen LogP contribution in [0, 0.1) is 11.7 Å². The summed E-state index contributed by atoms with van der Waals surface area (Å²) in [5.41, 5.74) is 1.76. The fourth-order valence-corrected chi connectivity index (χ4v) is 5.56. The number of rotatable bonds is 8. The van der Waals surface area contributed by atoms with Crippen molar-refractivity contribution >= 4 is 27.5 Å².